The van der Waals surface area contributed by atoms with Crippen molar-refractivity contribution in [1.82, 2.24) is 9.97 Å². The fourth-order valence-electron chi connectivity index (χ4n) is 2.62. The fourth-order valence-corrected chi connectivity index (χ4v) is 2.62. The molecule has 0 aliphatic rings. The van der Waals surface area contributed by atoms with Crippen molar-refractivity contribution in [3.05, 3.63) is 60.2 Å². The summed E-state index contributed by atoms with van der Waals surface area (Å²) < 4.78 is 5.12. The molecule has 4 heteroatoms. The predicted octanol–water partition coefficient (Wildman–Crippen LogP) is 4.01. The van der Waals surface area contributed by atoms with Crippen LogP contribution < -0.4 is 0 Å². The number of hydrogen-bond donors (Lipinski definition) is 0. The minimum atomic E-state index is -0.738. The summed E-state index contributed by atoms with van der Waals surface area (Å²) in [5.74, 6) is 0. The van der Waals surface area contributed by atoms with E-state index in [-0.39, 0.29) is 0 Å². The molecule has 4 nitrogen and oxygen atoms in total. The molecule has 0 unspecified atom stereocenters. The highest BCUT2D eigenvalue weighted by Gasteiger charge is 2.24. The number of nitrogens with zero attached hydrogens (tertiary/aromatic N) is 2. The normalized spacial score (nSPS) is 11.4. The third-order valence-electron chi connectivity index (χ3n) is 4.02. The topological polar surface area (TPSA) is 52.1 Å². The van der Waals surface area contributed by atoms with Crippen molar-refractivity contribution in [3.8, 4) is 11.1 Å². The van der Waals surface area contributed by atoms with Crippen LogP contribution in [0, 0.1) is 6.92 Å². The smallest absolute Gasteiger partial charge is 0.294 e. The van der Waals surface area contributed by atoms with Crippen LogP contribution in [0.2, 0.25) is 0 Å². The average Bonchev–Trinajstić information content (AvgIpc) is 2.54. The molecule has 116 valence electrons. The Kier molecular flexibility index (Phi) is 3.82. The van der Waals surface area contributed by atoms with Gasteiger partial charge in [-0.15, -0.1) is 0 Å². The molecule has 0 aliphatic carbocycles. The molecule has 0 radical (unpaired) electrons. The molecule has 3 aromatic rings. The van der Waals surface area contributed by atoms with E-state index in [0.29, 0.717) is 6.47 Å². The number of benzene rings is 1. The van der Waals surface area contributed by atoms with Gasteiger partial charge in [-0.3, -0.25) is 14.8 Å². The van der Waals surface area contributed by atoms with E-state index >= 15 is 0 Å². The Balaban J connectivity index is 2.04. The van der Waals surface area contributed by atoms with Crippen molar-refractivity contribution in [1.29, 1.82) is 0 Å². The van der Waals surface area contributed by atoms with Crippen molar-refractivity contribution in [2.75, 3.05) is 0 Å². The van der Waals surface area contributed by atoms with Gasteiger partial charge in [0.05, 0.1) is 5.69 Å². The number of hydrogen-bond acceptors (Lipinski definition) is 4. The SMILES string of the molecule is Cc1cc(C(C)(C)OC=O)ncc1-c1ccc2ccncc2c1. The Morgan fingerprint density at radius 2 is 1.91 bits per heavy atom. The first-order valence-electron chi connectivity index (χ1n) is 7.44. The van der Waals surface area contributed by atoms with Crippen molar-refractivity contribution in [2.45, 2.75) is 26.4 Å². The van der Waals surface area contributed by atoms with Gasteiger partial charge in [-0.2, -0.15) is 0 Å². The fraction of sp³-hybridized carbons (Fsp3) is 0.211. The van der Waals surface area contributed by atoms with Gasteiger partial charge in [0.1, 0.15) is 5.60 Å². The molecule has 2 heterocycles. The quantitative estimate of drug-likeness (QED) is 0.683. The number of carbonyl (C=O) groups is 1. The second-order valence-corrected chi connectivity index (χ2v) is 6.05. The molecule has 0 amide bonds. The number of fused-ring (bicyclic) bond motifs is 1. The highest BCUT2D eigenvalue weighted by atomic mass is 16.5. The largest absolute Gasteiger partial charge is 0.455 e. The first-order chi connectivity index (χ1) is 11.0. The summed E-state index contributed by atoms with van der Waals surface area (Å²) in [5.41, 5.74) is 3.23. The van der Waals surface area contributed by atoms with Crippen LogP contribution in [0.1, 0.15) is 25.1 Å². The molecule has 0 aliphatic heterocycles. The van der Waals surface area contributed by atoms with Gasteiger partial charge in [-0.25, -0.2) is 0 Å². The number of ether oxygens (including phenoxy) is 1. The highest BCUT2D eigenvalue weighted by Crippen LogP contribution is 2.29. The Morgan fingerprint density at radius 3 is 2.65 bits per heavy atom. The maximum Gasteiger partial charge on any atom is 0.294 e. The zero-order valence-electron chi connectivity index (χ0n) is 13.4. The average molecular weight is 306 g/mol. The number of carbonyl (C=O) groups excluding carboxylic acids is 1. The summed E-state index contributed by atoms with van der Waals surface area (Å²) >= 11 is 0. The molecule has 0 saturated carbocycles. The van der Waals surface area contributed by atoms with Crippen molar-refractivity contribution >= 4 is 17.2 Å². The lowest BCUT2D eigenvalue weighted by molar-refractivity contribution is -0.141. The highest BCUT2D eigenvalue weighted by molar-refractivity contribution is 5.86. The van der Waals surface area contributed by atoms with Gasteiger partial charge < -0.3 is 4.74 Å². The summed E-state index contributed by atoms with van der Waals surface area (Å²) in [6.07, 6.45) is 5.48. The Morgan fingerprint density at radius 1 is 1.09 bits per heavy atom. The van der Waals surface area contributed by atoms with E-state index in [0.717, 1.165) is 33.2 Å². The van der Waals surface area contributed by atoms with Gasteiger partial charge >= 0.3 is 0 Å². The number of aryl methyl sites for hydroxylation is 1. The van der Waals surface area contributed by atoms with Gasteiger partial charge in [-0.1, -0.05) is 12.1 Å². The minimum absolute atomic E-state index is 0.460. The van der Waals surface area contributed by atoms with Gasteiger partial charge in [0.15, 0.2) is 0 Å². The maximum atomic E-state index is 10.6. The van der Waals surface area contributed by atoms with Gasteiger partial charge in [0, 0.05) is 29.5 Å². The second kappa shape index (κ2) is 5.80. The first kappa shape index (κ1) is 15.2. The van der Waals surface area contributed by atoms with Crippen molar-refractivity contribution < 1.29 is 9.53 Å². The Bertz CT molecular complexity index is 872. The predicted molar refractivity (Wildman–Crippen MR) is 89.9 cm³/mol. The Hall–Kier alpha value is -2.75. The van der Waals surface area contributed by atoms with Crippen LogP contribution in [-0.2, 0) is 15.1 Å². The van der Waals surface area contributed by atoms with Crippen LogP contribution in [0.3, 0.4) is 0 Å². The third kappa shape index (κ3) is 2.93. The molecule has 0 N–H and O–H groups in total. The monoisotopic (exact) mass is 306 g/mol. The third-order valence-corrected chi connectivity index (χ3v) is 4.02. The summed E-state index contributed by atoms with van der Waals surface area (Å²) in [4.78, 5) is 19.3. The van der Waals surface area contributed by atoms with Gasteiger partial charge in [-0.05, 0) is 55.5 Å². The lowest BCUT2D eigenvalue weighted by Gasteiger charge is -2.22. The van der Waals surface area contributed by atoms with Crippen LogP contribution in [0.25, 0.3) is 21.9 Å². The van der Waals surface area contributed by atoms with E-state index in [9.17, 15) is 4.79 Å². The van der Waals surface area contributed by atoms with Gasteiger partial charge in [0.25, 0.3) is 6.47 Å². The van der Waals surface area contributed by atoms with E-state index in [1.54, 1.807) is 6.20 Å². The summed E-state index contributed by atoms with van der Waals surface area (Å²) in [7, 11) is 0. The van der Waals surface area contributed by atoms with Crippen LogP contribution >= 0.6 is 0 Å². The summed E-state index contributed by atoms with van der Waals surface area (Å²) in [6, 6.07) is 10.2. The number of pyridine rings is 2. The molecule has 0 saturated heterocycles. The van der Waals surface area contributed by atoms with E-state index < -0.39 is 5.60 Å². The molecule has 0 fully saturated rings. The summed E-state index contributed by atoms with van der Waals surface area (Å²) in [6.45, 7) is 6.14. The molecule has 1 aromatic carbocycles. The zero-order valence-corrected chi connectivity index (χ0v) is 13.4. The number of rotatable bonds is 4. The Labute approximate surface area is 135 Å². The van der Waals surface area contributed by atoms with E-state index in [1.165, 1.54) is 0 Å². The van der Waals surface area contributed by atoms with Crippen LogP contribution in [-0.4, -0.2) is 16.4 Å². The second-order valence-electron chi connectivity index (χ2n) is 6.05. The molecular weight excluding hydrogens is 288 g/mol. The lowest BCUT2D eigenvalue weighted by atomic mass is 9.96. The van der Waals surface area contributed by atoms with Crippen LogP contribution in [0.15, 0.2) is 48.9 Å². The summed E-state index contributed by atoms with van der Waals surface area (Å²) in [5, 5.41) is 2.25. The van der Waals surface area contributed by atoms with Crippen molar-refractivity contribution in [3.63, 3.8) is 0 Å². The van der Waals surface area contributed by atoms with E-state index in [2.05, 4.69) is 28.2 Å². The standard InChI is InChI=1S/C19H18N2O2/c1-13-8-18(19(2,3)23-12-22)21-11-17(13)15-5-4-14-6-7-20-10-16(14)9-15/h4-12H,1-3H3. The molecule has 0 atom stereocenters. The molecule has 2 aromatic heterocycles. The maximum absolute atomic E-state index is 10.6. The first-order valence-corrected chi connectivity index (χ1v) is 7.44. The molecule has 0 bridgehead atoms. The van der Waals surface area contributed by atoms with Gasteiger partial charge in [0.2, 0.25) is 0 Å². The molecular formula is C19H18N2O2. The molecule has 0 spiro atoms. The van der Waals surface area contributed by atoms with Crippen LogP contribution in [0.5, 0.6) is 0 Å². The lowest BCUT2D eigenvalue weighted by Crippen LogP contribution is -2.22. The van der Waals surface area contributed by atoms with Crippen LogP contribution in [0.4, 0.5) is 0 Å². The molecule has 3 rings (SSSR count). The number of aromatic nitrogens is 2. The van der Waals surface area contributed by atoms with E-state index in [4.69, 9.17) is 4.74 Å². The van der Waals surface area contributed by atoms with Crippen molar-refractivity contribution in [2.24, 2.45) is 0 Å². The molecule has 23 heavy (non-hydrogen) atoms. The minimum Gasteiger partial charge on any atom is -0.455 e. The zero-order chi connectivity index (χ0) is 16.4. The van der Waals surface area contributed by atoms with E-state index in [1.807, 2.05) is 45.3 Å².